The third-order valence-electron chi connectivity index (χ3n) is 3.62. The van der Waals surface area contributed by atoms with Crippen LogP contribution in [0.15, 0.2) is 47.4 Å². The van der Waals surface area contributed by atoms with E-state index in [2.05, 4.69) is 18.6 Å². The summed E-state index contributed by atoms with van der Waals surface area (Å²) < 4.78 is 27.6. The Kier molecular flexibility index (Phi) is 4.88. The molecule has 0 fully saturated rings. The van der Waals surface area contributed by atoms with E-state index in [9.17, 15) is 13.5 Å². The summed E-state index contributed by atoms with van der Waals surface area (Å²) in [5, 5.41) is 9.37. The molecular weight excluding hydrogens is 298 g/mol. The number of hydrogen-bond acceptors (Lipinski definition) is 3. The molecule has 0 atom stereocenters. The second-order valence-corrected chi connectivity index (χ2v) is 7.28. The zero-order valence-electron chi connectivity index (χ0n) is 13.0. The highest BCUT2D eigenvalue weighted by atomic mass is 32.2. The second-order valence-electron chi connectivity index (χ2n) is 5.60. The Balaban J connectivity index is 2.36. The minimum Gasteiger partial charge on any atom is -0.392 e. The average molecular weight is 319 g/mol. The van der Waals surface area contributed by atoms with E-state index in [0.29, 0.717) is 17.2 Å². The molecule has 0 unspecified atom stereocenters. The van der Waals surface area contributed by atoms with Crippen LogP contribution in [0.3, 0.4) is 0 Å². The van der Waals surface area contributed by atoms with Gasteiger partial charge in [0.25, 0.3) is 10.0 Å². The van der Waals surface area contributed by atoms with Crippen LogP contribution in [0, 0.1) is 6.92 Å². The molecule has 2 N–H and O–H groups in total. The molecule has 2 aromatic rings. The van der Waals surface area contributed by atoms with Crippen LogP contribution in [0.2, 0.25) is 0 Å². The van der Waals surface area contributed by atoms with Gasteiger partial charge in [-0.1, -0.05) is 44.2 Å². The van der Waals surface area contributed by atoms with Gasteiger partial charge >= 0.3 is 0 Å². The van der Waals surface area contributed by atoms with Crippen LogP contribution in [0.25, 0.3) is 0 Å². The van der Waals surface area contributed by atoms with Gasteiger partial charge in [-0.25, -0.2) is 8.42 Å². The maximum Gasteiger partial charge on any atom is 0.261 e. The van der Waals surface area contributed by atoms with E-state index in [4.69, 9.17) is 0 Å². The number of nitrogens with one attached hydrogen (secondary N) is 1. The zero-order chi connectivity index (χ0) is 16.3. The number of hydrogen-bond donors (Lipinski definition) is 2. The Morgan fingerprint density at radius 1 is 1.09 bits per heavy atom. The summed E-state index contributed by atoms with van der Waals surface area (Å²) >= 11 is 0. The lowest BCUT2D eigenvalue weighted by atomic mass is 10.0. The molecule has 2 rings (SSSR count). The Hall–Kier alpha value is -1.85. The van der Waals surface area contributed by atoms with E-state index in [0.717, 1.165) is 11.1 Å². The number of benzene rings is 2. The number of aliphatic hydroxyl groups is 1. The van der Waals surface area contributed by atoms with Crippen LogP contribution >= 0.6 is 0 Å². The van der Waals surface area contributed by atoms with Gasteiger partial charge in [0, 0.05) is 5.56 Å². The Morgan fingerprint density at radius 3 is 2.27 bits per heavy atom. The molecule has 0 saturated heterocycles. The molecule has 0 spiro atoms. The standard InChI is InChI=1S/C17H21NO3S/c1-12(2)14-7-9-16(10-8-14)22(20,21)18-17-13(3)5-4-6-15(17)11-19/h4-10,12,18-19H,11H2,1-3H3. The van der Waals surface area contributed by atoms with E-state index >= 15 is 0 Å². The smallest absolute Gasteiger partial charge is 0.261 e. The van der Waals surface area contributed by atoms with Gasteiger partial charge in [0.1, 0.15) is 0 Å². The number of aryl methyl sites for hydroxylation is 1. The van der Waals surface area contributed by atoms with Gasteiger partial charge < -0.3 is 5.11 Å². The van der Waals surface area contributed by atoms with Crippen molar-refractivity contribution in [3.8, 4) is 0 Å². The Labute approximate surface area is 131 Å². The first-order valence-corrected chi connectivity index (χ1v) is 8.65. The zero-order valence-corrected chi connectivity index (χ0v) is 13.8. The van der Waals surface area contributed by atoms with Gasteiger partial charge in [-0.3, -0.25) is 4.72 Å². The predicted molar refractivity (Wildman–Crippen MR) is 88.4 cm³/mol. The number of rotatable bonds is 5. The third kappa shape index (κ3) is 3.48. The summed E-state index contributed by atoms with van der Waals surface area (Å²) in [4.78, 5) is 0.212. The number of sulfonamides is 1. The highest BCUT2D eigenvalue weighted by molar-refractivity contribution is 7.92. The van der Waals surface area contributed by atoms with Gasteiger partial charge in [0.2, 0.25) is 0 Å². The fourth-order valence-electron chi connectivity index (χ4n) is 2.23. The fourth-order valence-corrected chi connectivity index (χ4v) is 3.40. The summed E-state index contributed by atoms with van der Waals surface area (Å²) in [6.07, 6.45) is 0. The summed E-state index contributed by atoms with van der Waals surface area (Å²) in [6.45, 7) is 5.70. The lowest BCUT2D eigenvalue weighted by Crippen LogP contribution is -2.15. The van der Waals surface area contributed by atoms with Gasteiger partial charge in [0.15, 0.2) is 0 Å². The molecule has 0 aliphatic heterocycles. The van der Waals surface area contributed by atoms with Crippen molar-refractivity contribution in [3.05, 3.63) is 59.2 Å². The van der Waals surface area contributed by atoms with Crippen LogP contribution < -0.4 is 4.72 Å². The molecule has 4 nitrogen and oxygen atoms in total. The quantitative estimate of drug-likeness (QED) is 0.887. The number of anilines is 1. The van der Waals surface area contributed by atoms with Crippen molar-refractivity contribution in [2.45, 2.75) is 38.2 Å². The molecule has 0 aliphatic carbocycles. The Morgan fingerprint density at radius 2 is 1.73 bits per heavy atom. The SMILES string of the molecule is Cc1cccc(CO)c1NS(=O)(=O)c1ccc(C(C)C)cc1. The lowest BCUT2D eigenvalue weighted by molar-refractivity contribution is 0.282. The highest BCUT2D eigenvalue weighted by Crippen LogP contribution is 2.25. The van der Waals surface area contributed by atoms with Crippen LogP contribution in [0.1, 0.15) is 36.5 Å². The molecule has 0 radical (unpaired) electrons. The van der Waals surface area contributed by atoms with Crippen molar-refractivity contribution in [2.24, 2.45) is 0 Å². The molecule has 0 saturated carbocycles. The third-order valence-corrected chi connectivity index (χ3v) is 4.99. The van der Waals surface area contributed by atoms with Crippen molar-refractivity contribution in [3.63, 3.8) is 0 Å². The maximum absolute atomic E-state index is 12.5. The van der Waals surface area contributed by atoms with E-state index in [1.807, 2.05) is 12.1 Å². The van der Waals surface area contributed by atoms with Crippen molar-refractivity contribution in [1.82, 2.24) is 0 Å². The first-order valence-electron chi connectivity index (χ1n) is 7.17. The summed E-state index contributed by atoms with van der Waals surface area (Å²) in [5.41, 5.74) is 2.86. The largest absolute Gasteiger partial charge is 0.392 e. The minimum absolute atomic E-state index is 0.212. The highest BCUT2D eigenvalue weighted by Gasteiger charge is 2.17. The van der Waals surface area contributed by atoms with Gasteiger partial charge in [-0.15, -0.1) is 0 Å². The lowest BCUT2D eigenvalue weighted by Gasteiger charge is -2.14. The fraction of sp³-hybridized carbons (Fsp3) is 0.294. The average Bonchev–Trinajstić information content (AvgIpc) is 2.49. The first kappa shape index (κ1) is 16.5. The summed E-state index contributed by atoms with van der Waals surface area (Å²) in [7, 11) is -3.67. The van der Waals surface area contributed by atoms with E-state index in [-0.39, 0.29) is 11.5 Å². The second kappa shape index (κ2) is 6.50. The van der Waals surface area contributed by atoms with Gasteiger partial charge in [-0.05, 0) is 36.1 Å². The van der Waals surface area contributed by atoms with Crippen molar-refractivity contribution >= 4 is 15.7 Å². The monoisotopic (exact) mass is 319 g/mol. The van der Waals surface area contributed by atoms with Crippen LogP contribution in [-0.4, -0.2) is 13.5 Å². The molecule has 118 valence electrons. The molecule has 0 aliphatic rings. The molecular formula is C17H21NO3S. The molecule has 2 aromatic carbocycles. The predicted octanol–water partition coefficient (Wildman–Crippen LogP) is 3.41. The Bertz CT molecular complexity index is 750. The van der Waals surface area contributed by atoms with Crippen LogP contribution in [0.4, 0.5) is 5.69 Å². The molecule has 0 amide bonds. The normalized spacial score (nSPS) is 11.7. The van der Waals surface area contributed by atoms with E-state index in [1.54, 1.807) is 37.3 Å². The number of para-hydroxylation sites is 1. The minimum atomic E-state index is -3.67. The molecule has 0 bridgehead atoms. The van der Waals surface area contributed by atoms with Crippen molar-refractivity contribution < 1.29 is 13.5 Å². The maximum atomic E-state index is 12.5. The van der Waals surface area contributed by atoms with E-state index in [1.165, 1.54) is 0 Å². The van der Waals surface area contributed by atoms with Gasteiger partial charge in [0.05, 0.1) is 17.2 Å². The summed E-state index contributed by atoms with van der Waals surface area (Å²) in [5.74, 6) is 0.349. The van der Waals surface area contributed by atoms with E-state index < -0.39 is 10.0 Å². The molecule has 22 heavy (non-hydrogen) atoms. The number of aliphatic hydroxyl groups excluding tert-OH is 1. The molecule has 0 heterocycles. The van der Waals surface area contributed by atoms with Crippen LogP contribution in [0.5, 0.6) is 0 Å². The molecule has 0 aromatic heterocycles. The summed E-state index contributed by atoms with van der Waals surface area (Å²) in [6, 6.07) is 12.2. The van der Waals surface area contributed by atoms with Crippen LogP contribution in [-0.2, 0) is 16.6 Å². The molecule has 5 heteroatoms. The topological polar surface area (TPSA) is 66.4 Å². The van der Waals surface area contributed by atoms with Crippen molar-refractivity contribution in [1.29, 1.82) is 0 Å². The van der Waals surface area contributed by atoms with Crippen molar-refractivity contribution in [2.75, 3.05) is 4.72 Å². The van der Waals surface area contributed by atoms with Gasteiger partial charge in [-0.2, -0.15) is 0 Å². The first-order chi connectivity index (χ1) is 10.3.